The summed E-state index contributed by atoms with van der Waals surface area (Å²) in [5.74, 6) is -2.70. The summed E-state index contributed by atoms with van der Waals surface area (Å²) in [5.41, 5.74) is -3.36. The highest BCUT2D eigenvalue weighted by atomic mass is 32.2. The van der Waals surface area contributed by atoms with Gasteiger partial charge in [-0.2, -0.15) is 8.42 Å². The van der Waals surface area contributed by atoms with E-state index in [0.29, 0.717) is 5.56 Å². The lowest BCUT2D eigenvalue weighted by molar-refractivity contribution is -0.424. The molecule has 4 saturated heterocycles. The number of carbonyl (C=O) groups is 1. The minimum atomic E-state index is -4.23. The van der Waals surface area contributed by atoms with Crippen molar-refractivity contribution in [3.05, 3.63) is 66.2 Å². The molecule has 13 nitrogen and oxygen atoms in total. The van der Waals surface area contributed by atoms with E-state index in [1.807, 2.05) is 0 Å². The van der Waals surface area contributed by atoms with Gasteiger partial charge in [-0.3, -0.25) is 4.18 Å². The van der Waals surface area contributed by atoms with E-state index in [1.54, 1.807) is 43.3 Å². The third kappa shape index (κ3) is 4.02. The van der Waals surface area contributed by atoms with Crippen LogP contribution in [0.15, 0.2) is 65.6 Å². The summed E-state index contributed by atoms with van der Waals surface area (Å²) in [6, 6.07) is 15.7. The van der Waals surface area contributed by atoms with Gasteiger partial charge < -0.3 is 44.1 Å². The number of rotatable bonds is 9. The Bertz CT molecular complexity index is 1510. The first-order valence-corrected chi connectivity index (χ1v) is 15.4. The second kappa shape index (κ2) is 9.75. The smallest absolute Gasteiger partial charge is 0.338 e. The first-order valence-electron chi connectivity index (χ1n) is 14.0. The predicted octanol–water partition coefficient (Wildman–Crippen LogP) is 0.0557. The Kier molecular flexibility index (Phi) is 6.63. The number of aliphatic hydroxyl groups is 4. The van der Waals surface area contributed by atoms with Crippen molar-refractivity contribution in [1.29, 1.82) is 0 Å². The van der Waals surface area contributed by atoms with Crippen LogP contribution in [0.4, 0.5) is 0 Å². The monoisotopic (exact) mass is 620 g/mol. The van der Waals surface area contributed by atoms with E-state index >= 15 is 0 Å². The molecule has 0 amide bonds. The lowest BCUT2D eigenvalue weighted by atomic mass is 9.41. The Balaban J connectivity index is 1.14. The van der Waals surface area contributed by atoms with E-state index in [1.165, 1.54) is 24.3 Å². The zero-order valence-electron chi connectivity index (χ0n) is 23.0. The lowest BCUT2D eigenvalue weighted by Crippen LogP contribution is -2.80. The van der Waals surface area contributed by atoms with Crippen LogP contribution in [0.1, 0.15) is 30.1 Å². The summed E-state index contributed by atoms with van der Waals surface area (Å²) in [5, 5.41) is 43.6. The van der Waals surface area contributed by atoms with Crippen molar-refractivity contribution in [2.45, 2.75) is 78.6 Å². The molecule has 4 heterocycles. The second-order valence-electron chi connectivity index (χ2n) is 12.1. The molecule has 14 heteroatoms. The summed E-state index contributed by atoms with van der Waals surface area (Å²) in [7, 11) is -4.23. The molecule has 2 aromatic rings. The maximum Gasteiger partial charge on any atom is 0.338 e. The molecule has 232 valence electrons. The first-order chi connectivity index (χ1) is 20.4. The average Bonchev–Trinajstić information content (AvgIpc) is 3.18. The van der Waals surface area contributed by atoms with Gasteiger partial charge >= 0.3 is 5.97 Å². The molecule has 43 heavy (non-hydrogen) atoms. The molecular weight excluding hydrogens is 588 g/mol. The molecule has 3 aliphatic carbocycles. The fraction of sp³-hybridized carbons (Fsp3) is 0.552. The number of aliphatic hydroxyl groups excluding tert-OH is 3. The van der Waals surface area contributed by atoms with E-state index in [4.69, 9.17) is 27.9 Å². The Labute approximate surface area is 247 Å². The summed E-state index contributed by atoms with van der Waals surface area (Å²) in [4.78, 5) is 12.8. The van der Waals surface area contributed by atoms with Crippen LogP contribution in [-0.2, 0) is 38.0 Å². The van der Waals surface area contributed by atoms with Crippen molar-refractivity contribution in [1.82, 2.24) is 0 Å². The van der Waals surface area contributed by atoms with Gasteiger partial charge in [-0.25, -0.2) is 4.79 Å². The van der Waals surface area contributed by atoms with Crippen LogP contribution >= 0.6 is 0 Å². The molecule has 4 aliphatic heterocycles. The maximum absolute atomic E-state index is 12.9. The van der Waals surface area contributed by atoms with E-state index in [9.17, 15) is 33.6 Å². The van der Waals surface area contributed by atoms with Crippen molar-refractivity contribution in [3.8, 4) is 0 Å². The van der Waals surface area contributed by atoms with Gasteiger partial charge in [-0.1, -0.05) is 36.4 Å². The molecule has 6 bridgehead atoms. The van der Waals surface area contributed by atoms with Crippen molar-refractivity contribution in [2.24, 2.45) is 11.3 Å². The molecule has 2 aromatic carbocycles. The van der Waals surface area contributed by atoms with Crippen LogP contribution in [-0.4, -0.2) is 102 Å². The van der Waals surface area contributed by atoms with Crippen molar-refractivity contribution >= 4 is 16.1 Å². The van der Waals surface area contributed by atoms with E-state index < -0.39 is 88.0 Å². The summed E-state index contributed by atoms with van der Waals surface area (Å²) in [6.07, 6.45) is -9.04. The fourth-order valence-electron chi connectivity index (χ4n) is 7.67. The number of carbonyl (C=O) groups excluding carboxylic acids is 1. The third-order valence-electron chi connectivity index (χ3n) is 9.81. The Hall–Kier alpha value is -2.50. The Morgan fingerprint density at radius 2 is 1.65 bits per heavy atom. The molecule has 11 atom stereocenters. The van der Waals surface area contributed by atoms with Crippen LogP contribution in [0.5, 0.6) is 0 Å². The number of ether oxygens (including phenoxy) is 5. The van der Waals surface area contributed by atoms with Crippen LogP contribution in [0.2, 0.25) is 0 Å². The number of esters is 1. The van der Waals surface area contributed by atoms with E-state index in [-0.39, 0.29) is 24.3 Å². The van der Waals surface area contributed by atoms with E-state index in [0.717, 1.165) is 0 Å². The minimum absolute atomic E-state index is 0.0192. The standard InChI is InChI=1S/C29H32O13S/c1-26-14-28(34)19-12-29(26,27(19,25(41-26)42-28)15-37-23(33)16-8-4-2-5-9-16)40-24-22(32)21(31)20(30)18(39-24)13-38-43(35,36)17-10-6-3-7-11-17/h2-11,18-22,24-25,30-32,34H,12-15H2,1H3/t18-,19+,20-,21+,22-,24+,25+,26+,27-,28-,29-/m1/s1. The van der Waals surface area contributed by atoms with E-state index in [2.05, 4.69) is 0 Å². The zero-order chi connectivity index (χ0) is 30.4. The molecule has 0 unspecified atom stereocenters. The summed E-state index contributed by atoms with van der Waals surface area (Å²) in [6.45, 7) is 0.789. The topological polar surface area (TPSA) is 188 Å². The Morgan fingerprint density at radius 1 is 0.977 bits per heavy atom. The number of benzene rings is 2. The molecule has 7 aliphatic rings. The first kappa shape index (κ1) is 29.2. The Morgan fingerprint density at radius 3 is 2.35 bits per heavy atom. The van der Waals surface area contributed by atoms with Crippen LogP contribution in [0.25, 0.3) is 0 Å². The predicted molar refractivity (Wildman–Crippen MR) is 141 cm³/mol. The van der Waals surface area contributed by atoms with Crippen LogP contribution < -0.4 is 0 Å². The quantitative estimate of drug-likeness (QED) is 0.218. The largest absolute Gasteiger partial charge is 0.461 e. The van der Waals surface area contributed by atoms with Crippen molar-refractivity contribution in [2.75, 3.05) is 13.2 Å². The van der Waals surface area contributed by atoms with Gasteiger partial charge in [0, 0.05) is 12.3 Å². The molecule has 3 saturated carbocycles. The van der Waals surface area contributed by atoms with Crippen molar-refractivity contribution in [3.63, 3.8) is 0 Å². The molecule has 0 aromatic heterocycles. The maximum atomic E-state index is 12.9. The SMILES string of the molecule is C[C@@]12C[C@@]3(O)O[C@H](O1)[C@@]1(COC(=O)c4ccccc4)[C@@H]3C[C@]12O[C@@H]1O[C@H](COS(=O)(=O)c2ccccc2)[C@@H](O)[C@H](O)[C@H]1O. The van der Waals surface area contributed by atoms with Crippen molar-refractivity contribution < 1.29 is 61.5 Å². The highest BCUT2D eigenvalue weighted by Gasteiger charge is 2.94. The average molecular weight is 621 g/mol. The molecule has 0 radical (unpaired) electrons. The molecular formula is C29H32O13S. The summed E-state index contributed by atoms with van der Waals surface area (Å²) >= 11 is 0. The second-order valence-corrected chi connectivity index (χ2v) is 13.7. The summed E-state index contributed by atoms with van der Waals surface area (Å²) < 4.78 is 60.7. The minimum Gasteiger partial charge on any atom is -0.461 e. The molecule has 9 rings (SSSR count). The van der Waals surface area contributed by atoms with Gasteiger partial charge in [0.1, 0.15) is 42.2 Å². The van der Waals surface area contributed by atoms with Gasteiger partial charge in [0.05, 0.1) is 22.5 Å². The van der Waals surface area contributed by atoms with Gasteiger partial charge in [0.25, 0.3) is 10.1 Å². The highest BCUT2D eigenvalue weighted by Crippen LogP contribution is 2.81. The molecule has 7 fully saturated rings. The lowest BCUT2D eigenvalue weighted by Gasteiger charge is -2.67. The zero-order valence-corrected chi connectivity index (χ0v) is 23.8. The molecule has 0 spiro atoms. The highest BCUT2D eigenvalue weighted by molar-refractivity contribution is 7.86. The van der Waals surface area contributed by atoms with Crippen LogP contribution in [0, 0.1) is 11.3 Å². The molecule has 4 N–H and O–H groups in total. The third-order valence-corrected chi connectivity index (χ3v) is 11.1. The fourth-order valence-corrected chi connectivity index (χ4v) is 8.61. The normalized spacial score (nSPS) is 44.3. The van der Waals surface area contributed by atoms with Crippen LogP contribution in [0.3, 0.4) is 0 Å². The van der Waals surface area contributed by atoms with Gasteiger partial charge in [-0.15, -0.1) is 0 Å². The number of hydrogen-bond acceptors (Lipinski definition) is 13. The number of hydrogen-bond donors (Lipinski definition) is 4. The van der Waals surface area contributed by atoms with Gasteiger partial charge in [-0.05, 0) is 37.6 Å². The van der Waals surface area contributed by atoms with Gasteiger partial charge in [0.2, 0.25) is 0 Å². The van der Waals surface area contributed by atoms with Gasteiger partial charge in [0.15, 0.2) is 18.4 Å².